The van der Waals surface area contributed by atoms with E-state index in [1.165, 1.54) is 31.4 Å². The first-order chi connectivity index (χ1) is 10.7. The summed E-state index contributed by atoms with van der Waals surface area (Å²) in [5.74, 6) is -0.357. The first kappa shape index (κ1) is 15.4. The highest BCUT2D eigenvalue weighted by molar-refractivity contribution is 5.98. The Morgan fingerprint density at radius 2 is 1.64 bits per heavy atom. The number of benzene rings is 2. The van der Waals surface area contributed by atoms with Crippen LogP contribution in [-0.2, 0) is 4.74 Å². The molecule has 2 aromatic rings. The number of para-hydroxylation sites is 1. The van der Waals surface area contributed by atoms with Gasteiger partial charge in [-0.1, -0.05) is 24.3 Å². The summed E-state index contributed by atoms with van der Waals surface area (Å²) in [5, 5.41) is 0. The summed E-state index contributed by atoms with van der Waals surface area (Å²) in [5.41, 5.74) is 1.17. The van der Waals surface area contributed by atoms with E-state index in [0.29, 0.717) is 28.7 Å². The van der Waals surface area contributed by atoms with Crippen molar-refractivity contribution in [3.8, 4) is 5.75 Å². The number of Topliss-reactive ketones (excluding diaryl/α,β-unsaturated/α-hetero) is 1. The highest BCUT2D eigenvalue weighted by Gasteiger charge is 2.10. The third-order valence-electron chi connectivity index (χ3n) is 3.03. The Labute approximate surface area is 127 Å². The van der Waals surface area contributed by atoms with Crippen LogP contribution in [0.15, 0.2) is 48.5 Å². The van der Waals surface area contributed by atoms with E-state index in [1.807, 2.05) is 0 Å². The molecule has 0 unspecified atom stereocenters. The van der Waals surface area contributed by atoms with Crippen molar-refractivity contribution in [1.29, 1.82) is 0 Å². The molecule has 5 heteroatoms. The number of rotatable bonds is 6. The molecule has 0 saturated carbocycles. The molecule has 112 valence electrons. The Balaban J connectivity index is 2.03. The summed E-state index contributed by atoms with van der Waals surface area (Å²) in [6.45, 7) is -0.192. The fraction of sp³-hybridized carbons (Fsp3) is 0.118. The predicted molar refractivity (Wildman–Crippen MR) is 79.4 cm³/mol. The molecule has 0 aliphatic heterocycles. The highest BCUT2D eigenvalue weighted by Crippen LogP contribution is 2.16. The van der Waals surface area contributed by atoms with Crippen LogP contribution in [0.2, 0.25) is 0 Å². The SMILES string of the molecule is COC(=O)c1ccc(C(=O)COc2ccccc2C=O)cc1. The lowest BCUT2D eigenvalue weighted by atomic mass is 10.1. The second-order valence-electron chi connectivity index (χ2n) is 4.44. The molecule has 0 spiro atoms. The maximum absolute atomic E-state index is 12.0. The monoisotopic (exact) mass is 298 g/mol. The Bertz CT molecular complexity index is 688. The van der Waals surface area contributed by atoms with Crippen molar-refractivity contribution in [3.05, 3.63) is 65.2 Å². The Morgan fingerprint density at radius 3 is 2.27 bits per heavy atom. The average Bonchev–Trinajstić information content (AvgIpc) is 2.59. The minimum absolute atomic E-state index is 0.192. The predicted octanol–water partition coefficient (Wildman–Crippen LogP) is 2.55. The number of ether oxygens (including phenoxy) is 2. The molecule has 0 heterocycles. The number of hydrogen-bond donors (Lipinski definition) is 0. The van der Waals surface area contributed by atoms with Gasteiger partial charge in [-0.25, -0.2) is 4.79 Å². The van der Waals surface area contributed by atoms with Crippen LogP contribution in [0.25, 0.3) is 0 Å². The maximum atomic E-state index is 12.0. The lowest BCUT2D eigenvalue weighted by Crippen LogP contribution is -2.12. The lowest BCUT2D eigenvalue weighted by Gasteiger charge is -2.07. The molecule has 0 saturated heterocycles. The Hall–Kier alpha value is -2.95. The van der Waals surface area contributed by atoms with E-state index >= 15 is 0 Å². The van der Waals surface area contributed by atoms with Gasteiger partial charge in [-0.15, -0.1) is 0 Å². The fourth-order valence-corrected chi connectivity index (χ4v) is 1.85. The quantitative estimate of drug-likeness (QED) is 0.465. The van der Waals surface area contributed by atoms with Gasteiger partial charge >= 0.3 is 5.97 Å². The summed E-state index contributed by atoms with van der Waals surface area (Å²) in [6.07, 6.45) is 0.672. The largest absolute Gasteiger partial charge is 0.485 e. The van der Waals surface area contributed by atoms with Crippen molar-refractivity contribution >= 4 is 18.0 Å². The molecule has 0 aliphatic rings. The minimum atomic E-state index is -0.463. The second-order valence-corrected chi connectivity index (χ2v) is 4.44. The Morgan fingerprint density at radius 1 is 1.00 bits per heavy atom. The van der Waals surface area contributed by atoms with E-state index in [1.54, 1.807) is 24.3 Å². The molecule has 0 amide bonds. The first-order valence-electron chi connectivity index (χ1n) is 6.54. The second kappa shape index (κ2) is 7.17. The summed E-state index contributed by atoms with van der Waals surface area (Å²) in [6, 6.07) is 12.8. The number of hydrogen-bond acceptors (Lipinski definition) is 5. The number of carbonyl (C=O) groups is 3. The van der Waals surface area contributed by atoms with Gasteiger partial charge in [-0.2, -0.15) is 0 Å². The van der Waals surface area contributed by atoms with E-state index in [2.05, 4.69) is 4.74 Å². The van der Waals surface area contributed by atoms with Crippen LogP contribution < -0.4 is 4.74 Å². The van der Waals surface area contributed by atoms with Crippen molar-refractivity contribution in [2.75, 3.05) is 13.7 Å². The van der Waals surface area contributed by atoms with E-state index in [-0.39, 0.29) is 12.4 Å². The zero-order valence-corrected chi connectivity index (χ0v) is 11.9. The normalized spacial score (nSPS) is 9.86. The van der Waals surface area contributed by atoms with Crippen LogP contribution in [0.5, 0.6) is 5.75 Å². The van der Waals surface area contributed by atoms with Crippen LogP contribution in [0.1, 0.15) is 31.1 Å². The highest BCUT2D eigenvalue weighted by atomic mass is 16.5. The molecule has 2 aromatic carbocycles. The molecule has 0 N–H and O–H groups in total. The molecule has 22 heavy (non-hydrogen) atoms. The summed E-state index contributed by atoms with van der Waals surface area (Å²) in [4.78, 5) is 34.2. The van der Waals surface area contributed by atoms with Gasteiger partial charge in [-0.3, -0.25) is 9.59 Å². The molecule has 0 fully saturated rings. The van der Waals surface area contributed by atoms with Gasteiger partial charge in [0.15, 0.2) is 18.7 Å². The van der Waals surface area contributed by atoms with E-state index in [0.717, 1.165) is 0 Å². The molecule has 0 aromatic heterocycles. The first-order valence-corrected chi connectivity index (χ1v) is 6.54. The van der Waals surface area contributed by atoms with Crippen molar-refractivity contribution < 1.29 is 23.9 Å². The molecule has 0 bridgehead atoms. The third kappa shape index (κ3) is 3.58. The van der Waals surface area contributed by atoms with E-state index < -0.39 is 5.97 Å². The summed E-state index contributed by atoms with van der Waals surface area (Å²) >= 11 is 0. The molecule has 0 radical (unpaired) electrons. The lowest BCUT2D eigenvalue weighted by molar-refractivity contribution is 0.0600. The molecule has 5 nitrogen and oxygen atoms in total. The number of aldehydes is 1. The molecule has 0 aliphatic carbocycles. The Kier molecular flexibility index (Phi) is 5.03. The maximum Gasteiger partial charge on any atom is 0.337 e. The number of esters is 1. The van der Waals surface area contributed by atoms with Crippen molar-refractivity contribution in [2.24, 2.45) is 0 Å². The number of ketones is 1. The number of carbonyl (C=O) groups excluding carboxylic acids is 3. The zero-order chi connectivity index (χ0) is 15.9. The summed E-state index contributed by atoms with van der Waals surface area (Å²) < 4.78 is 9.96. The van der Waals surface area contributed by atoms with Crippen LogP contribution in [0.3, 0.4) is 0 Å². The van der Waals surface area contributed by atoms with E-state index in [9.17, 15) is 14.4 Å². The standard InChI is InChI=1S/C17H14O5/c1-21-17(20)13-8-6-12(7-9-13)15(19)11-22-16-5-3-2-4-14(16)10-18/h2-10H,11H2,1H3. The summed E-state index contributed by atoms with van der Waals surface area (Å²) in [7, 11) is 1.29. The molecular weight excluding hydrogens is 284 g/mol. The third-order valence-corrected chi connectivity index (χ3v) is 3.03. The van der Waals surface area contributed by atoms with Crippen LogP contribution in [0.4, 0.5) is 0 Å². The van der Waals surface area contributed by atoms with Gasteiger partial charge in [-0.05, 0) is 24.3 Å². The molecule has 2 rings (SSSR count). The minimum Gasteiger partial charge on any atom is -0.485 e. The van der Waals surface area contributed by atoms with Crippen molar-refractivity contribution in [2.45, 2.75) is 0 Å². The van der Waals surface area contributed by atoms with Gasteiger partial charge in [0.25, 0.3) is 0 Å². The van der Waals surface area contributed by atoms with Crippen LogP contribution in [0, 0.1) is 0 Å². The van der Waals surface area contributed by atoms with Gasteiger partial charge in [0, 0.05) is 5.56 Å². The fourth-order valence-electron chi connectivity index (χ4n) is 1.85. The van der Waals surface area contributed by atoms with Gasteiger partial charge in [0.1, 0.15) is 5.75 Å². The van der Waals surface area contributed by atoms with Gasteiger partial charge in [0.05, 0.1) is 18.2 Å². The van der Waals surface area contributed by atoms with Crippen molar-refractivity contribution in [3.63, 3.8) is 0 Å². The van der Waals surface area contributed by atoms with Gasteiger partial charge in [0.2, 0.25) is 0 Å². The van der Waals surface area contributed by atoms with E-state index in [4.69, 9.17) is 4.74 Å². The zero-order valence-electron chi connectivity index (χ0n) is 11.9. The smallest absolute Gasteiger partial charge is 0.337 e. The molecular formula is C17H14O5. The van der Waals surface area contributed by atoms with Crippen LogP contribution in [-0.4, -0.2) is 31.8 Å². The topological polar surface area (TPSA) is 69.7 Å². The van der Waals surface area contributed by atoms with Crippen LogP contribution >= 0.6 is 0 Å². The number of methoxy groups -OCH3 is 1. The van der Waals surface area contributed by atoms with Gasteiger partial charge < -0.3 is 9.47 Å². The average molecular weight is 298 g/mol. The molecule has 0 atom stereocenters. The van der Waals surface area contributed by atoms with Crippen molar-refractivity contribution in [1.82, 2.24) is 0 Å².